The highest BCUT2D eigenvalue weighted by molar-refractivity contribution is 5.89. The van der Waals surface area contributed by atoms with Gasteiger partial charge in [-0.05, 0) is 12.1 Å². The van der Waals surface area contributed by atoms with E-state index in [-0.39, 0.29) is 5.92 Å². The SMILES string of the molecule is CC(=O)OC1OC[C@H](C)[C@H]1OC(=O)c1ccccc1. The minimum atomic E-state index is -0.819. The van der Waals surface area contributed by atoms with Gasteiger partial charge in [-0.2, -0.15) is 0 Å². The van der Waals surface area contributed by atoms with Crippen LogP contribution in [0.4, 0.5) is 0 Å². The summed E-state index contributed by atoms with van der Waals surface area (Å²) in [6, 6.07) is 8.68. The minimum absolute atomic E-state index is 0.0167. The van der Waals surface area contributed by atoms with Crippen LogP contribution in [0.2, 0.25) is 0 Å². The first-order valence-electron chi connectivity index (χ1n) is 6.13. The Morgan fingerprint density at radius 1 is 1.21 bits per heavy atom. The number of hydrogen-bond acceptors (Lipinski definition) is 5. The highest BCUT2D eigenvalue weighted by Crippen LogP contribution is 2.25. The van der Waals surface area contributed by atoms with Crippen molar-refractivity contribution in [3.8, 4) is 0 Å². The Labute approximate surface area is 111 Å². The largest absolute Gasteiger partial charge is 0.452 e. The van der Waals surface area contributed by atoms with Crippen molar-refractivity contribution in [3.63, 3.8) is 0 Å². The number of esters is 2. The van der Waals surface area contributed by atoms with Crippen molar-refractivity contribution < 1.29 is 23.8 Å². The van der Waals surface area contributed by atoms with Gasteiger partial charge in [-0.3, -0.25) is 4.79 Å². The third kappa shape index (κ3) is 3.32. The molecule has 0 amide bonds. The van der Waals surface area contributed by atoms with Crippen LogP contribution in [-0.4, -0.2) is 30.9 Å². The van der Waals surface area contributed by atoms with Crippen molar-refractivity contribution >= 4 is 11.9 Å². The summed E-state index contributed by atoms with van der Waals surface area (Å²) >= 11 is 0. The number of ether oxygens (including phenoxy) is 3. The Hall–Kier alpha value is -1.88. The number of rotatable bonds is 3. The molecule has 5 heteroatoms. The van der Waals surface area contributed by atoms with Gasteiger partial charge in [0.15, 0.2) is 6.10 Å². The third-order valence-electron chi connectivity index (χ3n) is 2.89. The lowest BCUT2D eigenvalue weighted by Gasteiger charge is -2.20. The molecule has 0 spiro atoms. The molecule has 0 aliphatic carbocycles. The highest BCUT2D eigenvalue weighted by atomic mass is 16.7. The Balaban J connectivity index is 2.03. The van der Waals surface area contributed by atoms with Gasteiger partial charge >= 0.3 is 11.9 Å². The Bertz CT molecular complexity index is 456. The van der Waals surface area contributed by atoms with Gasteiger partial charge in [0.2, 0.25) is 6.29 Å². The topological polar surface area (TPSA) is 61.8 Å². The molecule has 0 radical (unpaired) electrons. The predicted molar refractivity (Wildman–Crippen MR) is 66.3 cm³/mol. The second-order valence-electron chi connectivity index (χ2n) is 4.52. The molecule has 1 aliphatic heterocycles. The van der Waals surface area contributed by atoms with E-state index in [2.05, 4.69) is 0 Å². The van der Waals surface area contributed by atoms with Crippen LogP contribution in [0.15, 0.2) is 30.3 Å². The maximum absolute atomic E-state index is 12.0. The van der Waals surface area contributed by atoms with Gasteiger partial charge in [0.1, 0.15) is 0 Å². The van der Waals surface area contributed by atoms with E-state index >= 15 is 0 Å². The number of benzene rings is 1. The fourth-order valence-corrected chi connectivity index (χ4v) is 1.91. The van der Waals surface area contributed by atoms with Crippen LogP contribution in [0.5, 0.6) is 0 Å². The van der Waals surface area contributed by atoms with Crippen LogP contribution in [-0.2, 0) is 19.0 Å². The summed E-state index contributed by atoms with van der Waals surface area (Å²) in [7, 11) is 0. The molecule has 3 atom stereocenters. The first kappa shape index (κ1) is 13.5. The van der Waals surface area contributed by atoms with Gasteiger partial charge in [0.25, 0.3) is 0 Å². The average Bonchev–Trinajstić information content (AvgIpc) is 2.72. The molecule has 2 rings (SSSR count). The minimum Gasteiger partial charge on any atom is -0.452 e. The van der Waals surface area contributed by atoms with Gasteiger partial charge in [-0.25, -0.2) is 4.79 Å². The molecule has 1 fully saturated rings. The maximum Gasteiger partial charge on any atom is 0.338 e. The number of carbonyl (C=O) groups is 2. The second-order valence-corrected chi connectivity index (χ2v) is 4.52. The standard InChI is InChI=1S/C14H16O5/c1-9-8-17-14(18-10(2)15)12(9)19-13(16)11-6-4-3-5-7-11/h3-7,9,12,14H,8H2,1-2H3/t9-,12+,14?/m0/s1. The molecule has 1 unspecified atom stereocenters. The molecule has 1 aliphatic rings. The van der Waals surface area contributed by atoms with E-state index in [4.69, 9.17) is 14.2 Å². The van der Waals surface area contributed by atoms with Crippen molar-refractivity contribution in [1.82, 2.24) is 0 Å². The summed E-state index contributed by atoms with van der Waals surface area (Å²) in [6.45, 7) is 3.57. The Kier molecular flexibility index (Phi) is 4.16. The van der Waals surface area contributed by atoms with Gasteiger partial charge in [0, 0.05) is 12.8 Å². The van der Waals surface area contributed by atoms with Crippen LogP contribution in [0.25, 0.3) is 0 Å². The molecule has 0 N–H and O–H groups in total. The lowest BCUT2D eigenvalue weighted by atomic mass is 10.1. The van der Waals surface area contributed by atoms with Gasteiger partial charge in [-0.15, -0.1) is 0 Å². The molecular weight excluding hydrogens is 248 g/mol. The Morgan fingerprint density at radius 3 is 2.53 bits per heavy atom. The average molecular weight is 264 g/mol. The van der Waals surface area contributed by atoms with Crippen LogP contribution in [0, 0.1) is 5.92 Å². The van der Waals surface area contributed by atoms with E-state index in [1.165, 1.54) is 6.92 Å². The normalized spacial score (nSPS) is 25.9. The molecule has 0 saturated carbocycles. The number of hydrogen-bond donors (Lipinski definition) is 0. The van der Waals surface area contributed by atoms with E-state index in [1.54, 1.807) is 24.3 Å². The maximum atomic E-state index is 12.0. The van der Waals surface area contributed by atoms with Crippen molar-refractivity contribution in [1.29, 1.82) is 0 Å². The monoisotopic (exact) mass is 264 g/mol. The summed E-state index contributed by atoms with van der Waals surface area (Å²) in [4.78, 5) is 22.9. The first-order chi connectivity index (χ1) is 9.08. The molecule has 102 valence electrons. The highest BCUT2D eigenvalue weighted by Gasteiger charge is 2.40. The van der Waals surface area contributed by atoms with Crippen LogP contribution in [0.3, 0.4) is 0 Å². The lowest BCUT2D eigenvalue weighted by molar-refractivity contribution is -0.180. The molecule has 1 heterocycles. The summed E-state index contributed by atoms with van der Waals surface area (Å²) in [5.74, 6) is -0.919. The predicted octanol–water partition coefficient (Wildman–Crippen LogP) is 1.77. The van der Waals surface area contributed by atoms with E-state index in [0.29, 0.717) is 12.2 Å². The zero-order chi connectivity index (χ0) is 13.8. The van der Waals surface area contributed by atoms with Gasteiger partial charge < -0.3 is 14.2 Å². The molecule has 19 heavy (non-hydrogen) atoms. The summed E-state index contributed by atoms with van der Waals surface area (Å²) in [5.41, 5.74) is 0.461. The summed E-state index contributed by atoms with van der Waals surface area (Å²) in [5, 5.41) is 0. The van der Waals surface area contributed by atoms with Crippen molar-refractivity contribution in [2.45, 2.75) is 26.2 Å². The molecule has 0 aromatic heterocycles. The van der Waals surface area contributed by atoms with Gasteiger partial charge in [0.05, 0.1) is 12.2 Å². The third-order valence-corrected chi connectivity index (χ3v) is 2.89. The molecule has 1 aromatic carbocycles. The van der Waals surface area contributed by atoms with Crippen molar-refractivity contribution in [2.24, 2.45) is 5.92 Å². The zero-order valence-corrected chi connectivity index (χ0v) is 10.9. The smallest absolute Gasteiger partial charge is 0.338 e. The van der Waals surface area contributed by atoms with E-state index in [0.717, 1.165) is 0 Å². The summed E-state index contributed by atoms with van der Waals surface area (Å²) < 4.78 is 15.7. The fourth-order valence-electron chi connectivity index (χ4n) is 1.91. The van der Waals surface area contributed by atoms with Crippen molar-refractivity contribution in [3.05, 3.63) is 35.9 Å². The molecular formula is C14H16O5. The lowest BCUT2D eigenvalue weighted by Crippen LogP contribution is -2.34. The van der Waals surface area contributed by atoms with Crippen LogP contribution >= 0.6 is 0 Å². The molecule has 1 saturated heterocycles. The van der Waals surface area contributed by atoms with Gasteiger partial charge in [-0.1, -0.05) is 25.1 Å². The molecule has 5 nitrogen and oxygen atoms in total. The summed E-state index contributed by atoms with van der Waals surface area (Å²) in [6.07, 6.45) is -1.39. The molecule has 0 bridgehead atoms. The van der Waals surface area contributed by atoms with E-state index in [1.807, 2.05) is 13.0 Å². The van der Waals surface area contributed by atoms with Crippen molar-refractivity contribution in [2.75, 3.05) is 6.61 Å². The van der Waals surface area contributed by atoms with Crippen LogP contribution in [0.1, 0.15) is 24.2 Å². The van der Waals surface area contributed by atoms with Crippen LogP contribution < -0.4 is 0 Å². The fraction of sp³-hybridized carbons (Fsp3) is 0.429. The Morgan fingerprint density at radius 2 is 1.89 bits per heavy atom. The first-order valence-corrected chi connectivity index (χ1v) is 6.13. The zero-order valence-electron chi connectivity index (χ0n) is 10.9. The number of carbonyl (C=O) groups excluding carboxylic acids is 2. The van der Waals surface area contributed by atoms with E-state index in [9.17, 15) is 9.59 Å². The molecule has 1 aromatic rings. The van der Waals surface area contributed by atoms with E-state index < -0.39 is 24.3 Å². The quantitative estimate of drug-likeness (QED) is 0.778. The second kappa shape index (κ2) is 5.84.